The van der Waals surface area contributed by atoms with Gasteiger partial charge in [-0.2, -0.15) is 5.10 Å². The van der Waals surface area contributed by atoms with Gasteiger partial charge in [0.25, 0.3) is 11.6 Å². The number of amides is 1. The van der Waals surface area contributed by atoms with E-state index in [2.05, 4.69) is 15.6 Å². The van der Waals surface area contributed by atoms with Crippen molar-refractivity contribution in [1.29, 1.82) is 0 Å². The molecule has 13 nitrogen and oxygen atoms in total. The Morgan fingerprint density at radius 1 is 1.13 bits per heavy atom. The Kier molecular flexibility index (Phi) is 6.33. The van der Waals surface area contributed by atoms with Crippen molar-refractivity contribution in [2.45, 2.75) is 18.2 Å². The summed E-state index contributed by atoms with van der Waals surface area (Å²) in [7, 11) is -4.09. The van der Waals surface area contributed by atoms with Crippen LogP contribution in [0.15, 0.2) is 76.1 Å². The van der Waals surface area contributed by atoms with Gasteiger partial charge in [0, 0.05) is 11.6 Å². The van der Waals surface area contributed by atoms with Gasteiger partial charge in [-0.15, -0.1) is 0 Å². The van der Waals surface area contributed by atoms with E-state index in [4.69, 9.17) is 15.4 Å². The minimum atomic E-state index is -4.09. The number of rotatable bonds is 7. The van der Waals surface area contributed by atoms with E-state index in [0.717, 1.165) is 0 Å². The highest BCUT2D eigenvalue weighted by atomic mass is 32.2. The van der Waals surface area contributed by atoms with E-state index in [9.17, 15) is 23.3 Å². The Morgan fingerprint density at radius 2 is 1.90 bits per heavy atom. The van der Waals surface area contributed by atoms with E-state index in [1.54, 1.807) is 30.3 Å². The molecule has 14 heteroatoms. The number of aromatic nitrogens is 3. The number of hydrogen-bond donors (Lipinski definition) is 3. The fourth-order valence-electron chi connectivity index (χ4n) is 4.13. The predicted molar refractivity (Wildman–Crippen MR) is 143 cm³/mol. The van der Waals surface area contributed by atoms with Crippen molar-refractivity contribution in [2.24, 2.45) is 5.14 Å². The number of hydrogen-bond acceptors (Lipinski definition) is 9. The zero-order valence-corrected chi connectivity index (χ0v) is 21.2. The summed E-state index contributed by atoms with van der Waals surface area (Å²) in [5.41, 5.74) is 7.47. The molecule has 0 radical (unpaired) electrons. The number of nitrogens with one attached hydrogen (secondary N) is 1. The van der Waals surface area contributed by atoms with Gasteiger partial charge < -0.3 is 15.6 Å². The number of nitrogens with zero attached hydrogens (tertiary/aromatic N) is 4. The van der Waals surface area contributed by atoms with Crippen LogP contribution >= 0.6 is 0 Å². The van der Waals surface area contributed by atoms with E-state index < -0.39 is 26.5 Å². The molecule has 0 atom stereocenters. The summed E-state index contributed by atoms with van der Waals surface area (Å²) in [4.78, 5) is 24.5. The first-order valence-corrected chi connectivity index (χ1v) is 13.1. The summed E-state index contributed by atoms with van der Waals surface area (Å²) in [6, 6.07) is 16.4. The number of sulfonamides is 1. The Labute approximate surface area is 221 Å². The standard InChI is InChI=1S/C25H21N7O6S/c1-2-15-12-21(31(29-15)16-8-10-22-18(13-16)24(26)30-38-22)25(33)28-19-9-7-14(11-20(19)32(34)35)17-5-3-4-6-23(17)39(27,36)37/h3-13H,2H2,1H3,(H2,26,30)(H,28,33)(H2,27,36,37). The van der Waals surface area contributed by atoms with Gasteiger partial charge in [0.2, 0.25) is 10.0 Å². The molecule has 0 aliphatic rings. The van der Waals surface area contributed by atoms with Crippen molar-refractivity contribution in [2.75, 3.05) is 11.1 Å². The van der Waals surface area contributed by atoms with Crippen molar-refractivity contribution in [3.05, 3.63) is 88.2 Å². The smallest absolute Gasteiger partial charge is 0.293 e. The number of carbonyl (C=O) groups is 1. The summed E-state index contributed by atoms with van der Waals surface area (Å²) in [5.74, 6) is -0.471. The molecule has 0 saturated carbocycles. The van der Waals surface area contributed by atoms with Crippen LogP contribution in [0.1, 0.15) is 23.1 Å². The lowest BCUT2D eigenvalue weighted by molar-refractivity contribution is -0.383. The summed E-state index contributed by atoms with van der Waals surface area (Å²) < 4.78 is 30.6. The molecule has 2 heterocycles. The van der Waals surface area contributed by atoms with Gasteiger partial charge in [-0.1, -0.05) is 36.3 Å². The molecule has 39 heavy (non-hydrogen) atoms. The van der Waals surface area contributed by atoms with Gasteiger partial charge in [-0.05, 0) is 48.4 Å². The van der Waals surface area contributed by atoms with Crippen molar-refractivity contribution in [1.82, 2.24) is 14.9 Å². The molecule has 2 aromatic heterocycles. The van der Waals surface area contributed by atoms with Gasteiger partial charge in [-0.25, -0.2) is 18.2 Å². The minimum Gasteiger partial charge on any atom is -0.380 e. The number of primary sulfonamides is 1. The van der Waals surface area contributed by atoms with Crippen LogP contribution in [0.4, 0.5) is 17.2 Å². The molecule has 0 unspecified atom stereocenters. The molecule has 1 amide bonds. The summed E-state index contributed by atoms with van der Waals surface area (Å²) in [6.07, 6.45) is 0.531. The number of nitrogens with two attached hydrogens (primary N) is 2. The molecule has 0 bridgehead atoms. The van der Waals surface area contributed by atoms with Crippen LogP contribution in [0, 0.1) is 10.1 Å². The molecule has 5 N–H and O–H groups in total. The number of nitrogen functional groups attached to an aromatic ring is 1. The summed E-state index contributed by atoms with van der Waals surface area (Å²) >= 11 is 0. The van der Waals surface area contributed by atoms with Crippen LogP contribution in [0.3, 0.4) is 0 Å². The van der Waals surface area contributed by atoms with E-state index >= 15 is 0 Å². The molecule has 5 aromatic rings. The van der Waals surface area contributed by atoms with Crippen molar-refractivity contribution in [3.8, 4) is 16.8 Å². The van der Waals surface area contributed by atoms with E-state index in [0.29, 0.717) is 28.8 Å². The van der Waals surface area contributed by atoms with Crippen LogP contribution < -0.4 is 16.2 Å². The Morgan fingerprint density at radius 3 is 2.62 bits per heavy atom. The Hall–Kier alpha value is -5.08. The van der Waals surface area contributed by atoms with Crippen LogP contribution in [-0.4, -0.2) is 34.2 Å². The highest BCUT2D eigenvalue weighted by Gasteiger charge is 2.23. The summed E-state index contributed by atoms with van der Waals surface area (Å²) in [6.45, 7) is 1.87. The third-order valence-electron chi connectivity index (χ3n) is 6.03. The second kappa shape index (κ2) is 9.66. The topological polar surface area (TPSA) is 202 Å². The molecule has 0 aliphatic heterocycles. The van der Waals surface area contributed by atoms with Gasteiger partial charge in [0.05, 0.1) is 26.6 Å². The lowest BCUT2D eigenvalue weighted by Gasteiger charge is -2.11. The summed E-state index contributed by atoms with van der Waals surface area (Å²) in [5, 5.41) is 28.6. The maximum Gasteiger partial charge on any atom is 0.293 e. The Bertz CT molecular complexity index is 1880. The van der Waals surface area contributed by atoms with Gasteiger partial charge in [0.15, 0.2) is 11.4 Å². The van der Waals surface area contributed by atoms with Crippen LogP contribution in [0.5, 0.6) is 0 Å². The first kappa shape index (κ1) is 25.6. The second-order valence-corrected chi connectivity index (χ2v) is 10.0. The number of carbonyl (C=O) groups excluding carboxylic acids is 1. The van der Waals surface area contributed by atoms with E-state index in [-0.39, 0.29) is 33.2 Å². The normalized spacial score (nSPS) is 11.5. The number of fused-ring (bicyclic) bond motifs is 1. The monoisotopic (exact) mass is 547 g/mol. The zero-order valence-electron chi connectivity index (χ0n) is 20.4. The number of nitro benzene ring substituents is 1. The van der Waals surface area contributed by atoms with Gasteiger partial charge in [-0.3, -0.25) is 14.9 Å². The van der Waals surface area contributed by atoms with E-state index in [1.165, 1.54) is 41.1 Å². The maximum absolute atomic E-state index is 13.4. The average molecular weight is 548 g/mol. The molecular formula is C25H21N7O6S. The molecule has 0 fully saturated rings. The third-order valence-corrected chi connectivity index (χ3v) is 7.00. The highest BCUT2D eigenvalue weighted by Crippen LogP contribution is 2.34. The van der Waals surface area contributed by atoms with Crippen LogP contribution in [0.25, 0.3) is 27.8 Å². The lowest BCUT2D eigenvalue weighted by atomic mass is 10.0. The maximum atomic E-state index is 13.4. The van der Waals surface area contributed by atoms with Gasteiger partial charge in [0.1, 0.15) is 11.4 Å². The second-order valence-electron chi connectivity index (χ2n) is 8.52. The van der Waals surface area contributed by atoms with E-state index in [1.807, 2.05) is 6.92 Å². The molecule has 3 aromatic carbocycles. The van der Waals surface area contributed by atoms with Crippen molar-refractivity contribution in [3.63, 3.8) is 0 Å². The first-order valence-electron chi connectivity index (χ1n) is 11.5. The lowest BCUT2D eigenvalue weighted by Crippen LogP contribution is -2.17. The number of benzene rings is 3. The van der Waals surface area contributed by atoms with Gasteiger partial charge >= 0.3 is 0 Å². The highest BCUT2D eigenvalue weighted by molar-refractivity contribution is 7.89. The molecule has 0 spiro atoms. The van der Waals surface area contributed by atoms with Crippen LogP contribution in [-0.2, 0) is 16.4 Å². The van der Waals surface area contributed by atoms with Crippen LogP contribution in [0.2, 0.25) is 0 Å². The number of nitro groups is 1. The fourth-order valence-corrected chi connectivity index (χ4v) is 4.89. The predicted octanol–water partition coefficient (Wildman–Crippen LogP) is 3.63. The van der Waals surface area contributed by atoms with Crippen molar-refractivity contribution >= 4 is 44.1 Å². The number of aryl methyl sites for hydroxylation is 1. The largest absolute Gasteiger partial charge is 0.380 e. The first-order chi connectivity index (χ1) is 18.6. The van der Waals surface area contributed by atoms with Crippen molar-refractivity contribution < 1.29 is 22.7 Å². The Balaban J connectivity index is 1.54. The molecule has 0 saturated heterocycles. The third kappa shape index (κ3) is 4.81. The SMILES string of the molecule is CCc1cc(C(=O)Nc2ccc(-c3ccccc3S(N)(=O)=O)cc2[N+](=O)[O-])n(-c2ccc3onc(N)c3c2)n1. The number of anilines is 2. The molecule has 5 rings (SSSR count). The molecule has 198 valence electrons. The molecular weight excluding hydrogens is 526 g/mol. The molecule has 0 aliphatic carbocycles. The zero-order chi connectivity index (χ0) is 27.9. The quantitative estimate of drug-likeness (QED) is 0.201. The minimum absolute atomic E-state index is 0.0913. The fraction of sp³-hybridized carbons (Fsp3) is 0.0800. The average Bonchev–Trinajstić information content (AvgIpc) is 3.52.